The average molecular weight is 570 g/mol. The molecule has 11 heteroatoms. The first-order valence-corrected chi connectivity index (χ1v) is 14.1. The second kappa shape index (κ2) is 12.8. The summed E-state index contributed by atoms with van der Waals surface area (Å²) in [7, 11) is -1.69. The molecule has 4 N–H and O–H groups in total. The summed E-state index contributed by atoms with van der Waals surface area (Å²) in [4.78, 5) is 25.5. The van der Waals surface area contributed by atoms with Crippen molar-refractivity contribution in [1.82, 2.24) is 10.6 Å². The molecule has 39 heavy (non-hydrogen) atoms. The molecule has 3 aromatic rings. The van der Waals surface area contributed by atoms with Crippen LogP contribution in [0.15, 0.2) is 72.8 Å². The van der Waals surface area contributed by atoms with E-state index in [1.807, 2.05) is 37.3 Å². The predicted molar refractivity (Wildman–Crippen MR) is 160 cm³/mol. The summed E-state index contributed by atoms with van der Waals surface area (Å²) in [6.45, 7) is 3.16. The van der Waals surface area contributed by atoms with E-state index in [1.54, 1.807) is 49.5 Å². The van der Waals surface area contributed by atoms with Gasteiger partial charge in [-0.3, -0.25) is 13.9 Å². The van der Waals surface area contributed by atoms with Gasteiger partial charge >= 0.3 is 0 Å². The number of fused-ring (bicyclic) bond motifs is 1. The number of likely N-dealkylation sites (N-methyl/N-ethyl adjacent to an activating group) is 1. The van der Waals surface area contributed by atoms with Crippen LogP contribution in [-0.2, 0) is 14.8 Å². The monoisotopic (exact) mass is 569 g/mol. The van der Waals surface area contributed by atoms with E-state index in [9.17, 15) is 18.0 Å². The van der Waals surface area contributed by atoms with Gasteiger partial charge in [-0.25, -0.2) is 8.42 Å². The van der Waals surface area contributed by atoms with Gasteiger partial charge in [-0.1, -0.05) is 36.4 Å². The molecule has 1 aliphatic rings. The highest BCUT2D eigenvalue weighted by Crippen LogP contribution is 2.38. The molecule has 0 aliphatic carbocycles. The second-order valence-electron chi connectivity index (χ2n) is 8.80. The highest BCUT2D eigenvalue weighted by atomic mass is 35.5. The summed E-state index contributed by atoms with van der Waals surface area (Å²) in [6, 6.07) is 21.6. The second-order valence-corrected chi connectivity index (χ2v) is 10.7. The first-order chi connectivity index (χ1) is 18.2. The maximum Gasteiger partial charge on any atom is 0.258 e. The number of benzene rings is 3. The Morgan fingerprint density at radius 2 is 1.67 bits per heavy atom. The van der Waals surface area contributed by atoms with Crippen LogP contribution in [0.1, 0.15) is 28.4 Å². The lowest BCUT2D eigenvalue weighted by Gasteiger charge is -2.23. The van der Waals surface area contributed by atoms with Gasteiger partial charge in [-0.2, -0.15) is 0 Å². The van der Waals surface area contributed by atoms with Crippen LogP contribution in [0, 0.1) is 0 Å². The standard InChI is InChI=1S/C28H31N5O4S.ClH/c1-4-30-27(34)20-10-15-23-24(18-20)32-28(35)25(23)26(19-8-6-5-7-9-19)31-21-11-13-22(14-12-21)33(17-16-29-2)38(3,36)37;/h5-15,18,29,31H,4,16-17H2,1-3H3,(H,30,34)(H,32,35);1H/b26-25-;. The lowest BCUT2D eigenvalue weighted by Crippen LogP contribution is -2.35. The number of nitrogens with one attached hydrogen (secondary N) is 4. The summed E-state index contributed by atoms with van der Waals surface area (Å²) >= 11 is 0. The van der Waals surface area contributed by atoms with Crippen LogP contribution in [-0.4, -0.2) is 53.2 Å². The van der Waals surface area contributed by atoms with Crippen LogP contribution in [0.4, 0.5) is 17.1 Å². The number of hydrogen-bond acceptors (Lipinski definition) is 6. The molecular weight excluding hydrogens is 538 g/mol. The van der Waals surface area contributed by atoms with E-state index in [2.05, 4.69) is 21.3 Å². The zero-order chi connectivity index (χ0) is 27.3. The van der Waals surface area contributed by atoms with Crippen molar-refractivity contribution in [3.8, 4) is 0 Å². The van der Waals surface area contributed by atoms with Crippen LogP contribution < -0.4 is 25.6 Å². The van der Waals surface area contributed by atoms with E-state index in [-0.39, 0.29) is 24.2 Å². The molecule has 1 aliphatic heterocycles. The molecule has 0 fully saturated rings. The molecular formula is C28H32ClN5O4S. The smallest absolute Gasteiger partial charge is 0.258 e. The molecule has 0 aromatic heterocycles. The van der Waals surface area contributed by atoms with E-state index >= 15 is 0 Å². The van der Waals surface area contributed by atoms with E-state index in [0.29, 0.717) is 59.1 Å². The minimum absolute atomic E-state index is 0. The fourth-order valence-corrected chi connectivity index (χ4v) is 5.19. The molecule has 1 heterocycles. The molecule has 0 radical (unpaired) electrons. The van der Waals surface area contributed by atoms with Gasteiger partial charge < -0.3 is 21.3 Å². The molecule has 3 aromatic carbocycles. The predicted octanol–water partition coefficient (Wildman–Crippen LogP) is 3.78. The summed E-state index contributed by atoms with van der Waals surface area (Å²) in [6.07, 6.45) is 1.18. The van der Waals surface area contributed by atoms with Gasteiger partial charge in [0.05, 0.1) is 23.2 Å². The molecule has 4 rings (SSSR count). The number of halogens is 1. The number of anilines is 3. The number of amides is 2. The lowest BCUT2D eigenvalue weighted by molar-refractivity contribution is -0.110. The Hall–Kier alpha value is -3.86. The number of nitrogens with zero attached hydrogens (tertiary/aromatic N) is 1. The minimum Gasteiger partial charge on any atom is -0.354 e. The summed E-state index contributed by atoms with van der Waals surface area (Å²) in [5, 5.41) is 12.0. The van der Waals surface area contributed by atoms with E-state index in [1.165, 1.54) is 10.6 Å². The van der Waals surface area contributed by atoms with Gasteiger partial charge in [-0.05, 0) is 55.9 Å². The maximum absolute atomic E-state index is 13.2. The first kappa shape index (κ1) is 29.7. The molecule has 0 spiro atoms. The highest BCUT2D eigenvalue weighted by molar-refractivity contribution is 7.92. The van der Waals surface area contributed by atoms with Crippen LogP contribution in [0.2, 0.25) is 0 Å². The Morgan fingerprint density at radius 1 is 0.974 bits per heavy atom. The average Bonchev–Trinajstić information content (AvgIpc) is 3.23. The van der Waals surface area contributed by atoms with Gasteiger partial charge in [0.2, 0.25) is 10.0 Å². The van der Waals surface area contributed by atoms with Crippen LogP contribution in [0.25, 0.3) is 11.3 Å². The van der Waals surface area contributed by atoms with Crippen molar-refractivity contribution in [1.29, 1.82) is 0 Å². The third-order valence-corrected chi connectivity index (χ3v) is 7.26. The van der Waals surface area contributed by atoms with Crippen molar-refractivity contribution in [2.75, 3.05) is 47.9 Å². The SMILES string of the molecule is CCNC(=O)c1ccc2c(c1)NC(=O)/C2=C(\Nc1ccc(N(CCNC)S(C)(=O)=O)cc1)c1ccccc1.Cl. The van der Waals surface area contributed by atoms with Crippen LogP contribution in [0.3, 0.4) is 0 Å². The van der Waals surface area contributed by atoms with Crippen molar-refractivity contribution < 1.29 is 18.0 Å². The maximum atomic E-state index is 13.2. The third kappa shape index (κ3) is 6.78. The zero-order valence-corrected chi connectivity index (χ0v) is 23.6. The van der Waals surface area contributed by atoms with Crippen LogP contribution in [0.5, 0.6) is 0 Å². The van der Waals surface area contributed by atoms with Gasteiger partial charge in [-0.15, -0.1) is 12.4 Å². The number of carbonyl (C=O) groups is 2. The summed E-state index contributed by atoms with van der Waals surface area (Å²) in [5.41, 5.74) is 4.78. The number of rotatable bonds is 10. The van der Waals surface area contributed by atoms with Crippen molar-refractivity contribution in [3.05, 3.63) is 89.5 Å². The molecule has 0 saturated carbocycles. The molecule has 206 valence electrons. The van der Waals surface area contributed by atoms with Crippen molar-refractivity contribution in [2.45, 2.75) is 6.92 Å². The fraction of sp³-hybridized carbons (Fsp3) is 0.214. The van der Waals surface area contributed by atoms with Crippen molar-refractivity contribution in [3.63, 3.8) is 0 Å². The third-order valence-electron chi connectivity index (χ3n) is 6.07. The normalized spacial score (nSPS) is 13.6. The van der Waals surface area contributed by atoms with Crippen molar-refractivity contribution >= 4 is 62.6 Å². The molecule has 0 saturated heterocycles. The topological polar surface area (TPSA) is 120 Å². The minimum atomic E-state index is -3.45. The van der Waals surface area contributed by atoms with Gasteiger partial charge in [0.25, 0.3) is 11.8 Å². The van der Waals surface area contributed by atoms with Crippen LogP contribution >= 0.6 is 12.4 Å². The first-order valence-electron chi connectivity index (χ1n) is 12.3. The number of carbonyl (C=O) groups excluding carboxylic acids is 2. The molecule has 0 bridgehead atoms. The quantitative estimate of drug-likeness (QED) is 0.276. The Balaban J connectivity index is 0.00000420. The van der Waals surface area contributed by atoms with Gasteiger partial charge in [0.15, 0.2) is 0 Å². The van der Waals surface area contributed by atoms with Gasteiger partial charge in [0, 0.05) is 42.1 Å². The summed E-state index contributed by atoms with van der Waals surface area (Å²) < 4.78 is 26.0. The van der Waals surface area contributed by atoms with E-state index in [0.717, 1.165) is 5.56 Å². The van der Waals surface area contributed by atoms with Gasteiger partial charge in [0.1, 0.15) is 0 Å². The Labute approximate surface area is 235 Å². The number of sulfonamides is 1. The number of hydrogen-bond donors (Lipinski definition) is 4. The zero-order valence-electron chi connectivity index (χ0n) is 21.9. The molecule has 2 amide bonds. The van der Waals surface area contributed by atoms with Crippen molar-refractivity contribution in [2.24, 2.45) is 0 Å². The Morgan fingerprint density at radius 3 is 2.28 bits per heavy atom. The molecule has 9 nitrogen and oxygen atoms in total. The van der Waals surface area contributed by atoms with E-state index in [4.69, 9.17) is 0 Å². The Kier molecular flexibility index (Phi) is 9.74. The van der Waals surface area contributed by atoms with E-state index < -0.39 is 10.0 Å². The summed E-state index contributed by atoms with van der Waals surface area (Å²) in [5.74, 6) is -0.493. The highest BCUT2D eigenvalue weighted by Gasteiger charge is 2.29. The largest absolute Gasteiger partial charge is 0.354 e. The molecule has 0 unspecified atom stereocenters. The Bertz CT molecular complexity index is 1480. The fourth-order valence-electron chi connectivity index (χ4n) is 4.26. The molecule has 0 atom stereocenters. The lowest BCUT2D eigenvalue weighted by atomic mass is 9.99.